The van der Waals surface area contributed by atoms with Crippen molar-refractivity contribution in [3.05, 3.63) is 33.0 Å². The molecule has 0 saturated carbocycles. The molecule has 56 valence electrons. The summed E-state index contributed by atoms with van der Waals surface area (Å²) in [7, 11) is 0. The van der Waals surface area contributed by atoms with Crippen LogP contribution in [-0.4, -0.2) is 0 Å². The summed E-state index contributed by atoms with van der Waals surface area (Å²) in [5, 5.41) is 8.40. The van der Waals surface area contributed by atoms with E-state index in [0.717, 1.165) is 6.07 Å². The van der Waals surface area contributed by atoms with Crippen molar-refractivity contribution >= 4 is 27.5 Å². The average Bonchev–Trinajstić information content (AvgIpc) is 1.99. The number of rotatable bonds is 0. The molecule has 0 aromatic heterocycles. The maximum absolute atomic E-state index is 12.7. The topological polar surface area (TPSA) is 23.8 Å². The van der Waals surface area contributed by atoms with Crippen LogP contribution in [0.5, 0.6) is 0 Å². The Morgan fingerprint density at radius 3 is 2.64 bits per heavy atom. The van der Waals surface area contributed by atoms with Gasteiger partial charge in [0.2, 0.25) is 0 Å². The summed E-state index contributed by atoms with van der Waals surface area (Å²) in [6, 6.07) is 4.36. The molecule has 0 aliphatic heterocycles. The zero-order valence-electron chi connectivity index (χ0n) is 5.24. The van der Waals surface area contributed by atoms with Gasteiger partial charge in [-0.25, -0.2) is 4.39 Å². The molecule has 1 aromatic carbocycles. The summed E-state index contributed by atoms with van der Waals surface area (Å²) in [6.07, 6.45) is 0. The Hall–Kier alpha value is -0.590. The van der Waals surface area contributed by atoms with Gasteiger partial charge in [0.05, 0.1) is 16.7 Å². The zero-order chi connectivity index (χ0) is 8.43. The zero-order valence-corrected chi connectivity index (χ0v) is 7.58. The fourth-order valence-corrected chi connectivity index (χ4v) is 1.17. The van der Waals surface area contributed by atoms with Gasteiger partial charge >= 0.3 is 0 Å². The Kier molecular flexibility index (Phi) is 2.48. The van der Waals surface area contributed by atoms with Crippen molar-refractivity contribution in [3.8, 4) is 6.07 Å². The second-order valence-corrected chi connectivity index (χ2v) is 3.10. The molecule has 0 amide bonds. The predicted molar refractivity (Wildman–Crippen MR) is 43.8 cm³/mol. The Bertz CT molecular complexity index is 309. The molecular weight excluding hydrogens is 232 g/mol. The van der Waals surface area contributed by atoms with Gasteiger partial charge in [-0.05, 0) is 28.1 Å². The van der Waals surface area contributed by atoms with Gasteiger partial charge in [0.1, 0.15) is 5.82 Å². The molecule has 11 heavy (non-hydrogen) atoms. The highest BCUT2D eigenvalue weighted by Gasteiger charge is 2.05. The first-order chi connectivity index (χ1) is 5.15. The van der Waals surface area contributed by atoms with E-state index in [1.807, 2.05) is 6.07 Å². The Balaban J connectivity index is 3.35. The van der Waals surface area contributed by atoms with Gasteiger partial charge in [0.15, 0.2) is 0 Å². The normalized spacial score (nSPS) is 9.27. The number of nitriles is 1. The van der Waals surface area contributed by atoms with E-state index in [0.29, 0.717) is 4.47 Å². The lowest BCUT2D eigenvalue weighted by Crippen LogP contribution is -1.81. The first kappa shape index (κ1) is 8.51. The first-order valence-corrected chi connectivity index (χ1v) is 3.87. The van der Waals surface area contributed by atoms with Crippen molar-refractivity contribution in [2.75, 3.05) is 0 Å². The van der Waals surface area contributed by atoms with Crippen LogP contribution in [0.3, 0.4) is 0 Å². The predicted octanol–water partition coefficient (Wildman–Crippen LogP) is 3.11. The van der Waals surface area contributed by atoms with Gasteiger partial charge in [-0.3, -0.25) is 0 Å². The molecule has 0 saturated heterocycles. The lowest BCUT2D eigenvalue weighted by atomic mass is 10.2. The largest absolute Gasteiger partial charge is 0.205 e. The van der Waals surface area contributed by atoms with Crippen LogP contribution in [0.15, 0.2) is 16.6 Å². The van der Waals surface area contributed by atoms with Crippen LogP contribution in [0.25, 0.3) is 0 Å². The number of halogens is 3. The van der Waals surface area contributed by atoms with E-state index >= 15 is 0 Å². The van der Waals surface area contributed by atoms with Crippen LogP contribution < -0.4 is 0 Å². The number of benzene rings is 1. The van der Waals surface area contributed by atoms with Gasteiger partial charge in [0, 0.05) is 4.47 Å². The Labute approximate surface area is 76.5 Å². The highest BCUT2D eigenvalue weighted by molar-refractivity contribution is 9.10. The smallest absolute Gasteiger partial charge is 0.144 e. The number of nitrogens with zero attached hydrogens (tertiary/aromatic N) is 1. The summed E-state index contributed by atoms with van der Waals surface area (Å²) in [5.74, 6) is -0.586. The van der Waals surface area contributed by atoms with Gasteiger partial charge in [-0.2, -0.15) is 5.26 Å². The lowest BCUT2D eigenvalue weighted by Gasteiger charge is -1.96. The molecule has 0 atom stereocenters. The summed E-state index contributed by atoms with van der Waals surface area (Å²) in [4.78, 5) is 0. The van der Waals surface area contributed by atoms with E-state index < -0.39 is 5.82 Å². The second kappa shape index (κ2) is 3.21. The van der Waals surface area contributed by atoms with E-state index in [1.165, 1.54) is 6.07 Å². The molecule has 1 nitrogen and oxygen atoms in total. The fraction of sp³-hybridized carbons (Fsp3) is 0. The van der Waals surface area contributed by atoms with Crippen molar-refractivity contribution in [1.82, 2.24) is 0 Å². The molecule has 0 aliphatic rings. The van der Waals surface area contributed by atoms with Gasteiger partial charge < -0.3 is 0 Å². The van der Waals surface area contributed by atoms with Crippen molar-refractivity contribution in [1.29, 1.82) is 5.26 Å². The highest BCUT2D eigenvalue weighted by atomic mass is 79.9. The molecule has 0 aliphatic carbocycles. The van der Waals surface area contributed by atoms with E-state index in [1.54, 1.807) is 0 Å². The molecule has 0 bridgehead atoms. The molecule has 0 unspecified atom stereocenters. The third-order valence-electron chi connectivity index (χ3n) is 1.11. The van der Waals surface area contributed by atoms with E-state index in [9.17, 15) is 4.39 Å². The van der Waals surface area contributed by atoms with E-state index in [4.69, 9.17) is 16.9 Å². The fourth-order valence-electron chi connectivity index (χ4n) is 0.620. The monoisotopic (exact) mass is 233 g/mol. The van der Waals surface area contributed by atoms with Crippen LogP contribution in [0.1, 0.15) is 5.56 Å². The molecule has 4 heteroatoms. The van der Waals surface area contributed by atoms with E-state index in [2.05, 4.69) is 15.9 Å². The van der Waals surface area contributed by atoms with Crippen LogP contribution in [-0.2, 0) is 0 Å². The minimum atomic E-state index is -0.586. The summed E-state index contributed by atoms with van der Waals surface area (Å²) < 4.78 is 13.1. The maximum Gasteiger partial charge on any atom is 0.144 e. The summed E-state index contributed by atoms with van der Waals surface area (Å²) >= 11 is 8.49. The van der Waals surface area contributed by atoms with Gasteiger partial charge in [-0.1, -0.05) is 11.6 Å². The second-order valence-electron chi connectivity index (χ2n) is 1.87. The standard InChI is InChI=1S/C7H2BrClFN/c8-5-1-4(3-11)2-6(10)7(5)9/h1-2H. The van der Waals surface area contributed by atoms with Crippen LogP contribution >= 0.6 is 27.5 Å². The minimum absolute atomic E-state index is 0.00370. The highest BCUT2D eigenvalue weighted by Crippen LogP contribution is 2.26. The average molecular weight is 234 g/mol. The molecule has 0 spiro atoms. The SMILES string of the molecule is N#Cc1cc(F)c(Cl)c(Br)c1. The number of hydrogen-bond donors (Lipinski definition) is 0. The quantitative estimate of drug-likeness (QED) is 0.633. The molecule has 0 fully saturated rings. The Morgan fingerprint density at radius 1 is 1.55 bits per heavy atom. The third kappa shape index (κ3) is 1.70. The molecule has 1 aromatic rings. The van der Waals surface area contributed by atoms with Crippen molar-refractivity contribution in [2.45, 2.75) is 0 Å². The van der Waals surface area contributed by atoms with Crippen molar-refractivity contribution in [3.63, 3.8) is 0 Å². The van der Waals surface area contributed by atoms with E-state index in [-0.39, 0.29) is 10.6 Å². The molecule has 1 rings (SSSR count). The van der Waals surface area contributed by atoms with Crippen LogP contribution in [0, 0.1) is 17.1 Å². The third-order valence-corrected chi connectivity index (χ3v) is 2.35. The lowest BCUT2D eigenvalue weighted by molar-refractivity contribution is 0.627. The first-order valence-electron chi connectivity index (χ1n) is 2.70. The molecular formula is C7H2BrClFN. The summed E-state index contributed by atoms with van der Waals surface area (Å²) in [5.41, 5.74) is 0.249. The molecule has 0 N–H and O–H groups in total. The van der Waals surface area contributed by atoms with Crippen LogP contribution in [0.4, 0.5) is 4.39 Å². The molecule has 0 radical (unpaired) electrons. The van der Waals surface area contributed by atoms with Gasteiger partial charge in [0.25, 0.3) is 0 Å². The maximum atomic E-state index is 12.7. The van der Waals surface area contributed by atoms with Crippen molar-refractivity contribution in [2.24, 2.45) is 0 Å². The summed E-state index contributed by atoms with van der Waals surface area (Å²) in [6.45, 7) is 0. The van der Waals surface area contributed by atoms with Crippen molar-refractivity contribution < 1.29 is 4.39 Å². The van der Waals surface area contributed by atoms with Crippen LogP contribution in [0.2, 0.25) is 5.02 Å². The minimum Gasteiger partial charge on any atom is -0.205 e. The Morgan fingerprint density at radius 2 is 2.18 bits per heavy atom. The number of hydrogen-bond acceptors (Lipinski definition) is 1. The molecule has 0 heterocycles. The van der Waals surface area contributed by atoms with Gasteiger partial charge in [-0.15, -0.1) is 0 Å².